The van der Waals surface area contributed by atoms with E-state index >= 15 is 0 Å². The third-order valence-electron chi connectivity index (χ3n) is 3.57. The Bertz CT molecular complexity index is 713. The predicted octanol–water partition coefficient (Wildman–Crippen LogP) is 3.86. The van der Waals surface area contributed by atoms with E-state index in [4.69, 9.17) is 9.47 Å². The van der Waals surface area contributed by atoms with Gasteiger partial charge in [-0.05, 0) is 36.6 Å². The van der Waals surface area contributed by atoms with Crippen molar-refractivity contribution >= 4 is 11.8 Å². The lowest BCUT2D eigenvalue weighted by Crippen LogP contribution is -2.11. The van der Waals surface area contributed by atoms with Gasteiger partial charge in [-0.25, -0.2) is 4.39 Å². The Balaban J connectivity index is 1.84. The maximum atomic E-state index is 14.1. The van der Waals surface area contributed by atoms with Crippen LogP contribution in [-0.4, -0.2) is 18.4 Å². The summed E-state index contributed by atoms with van der Waals surface area (Å²) < 4.78 is 24.3. The molecule has 2 aromatic rings. The normalized spacial score (nSPS) is 10.3. The van der Waals surface area contributed by atoms with Gasteiger partial charge in [-0.3, -0.25) is 9.59 Å². The molecule has 0 aromatic heterocycles. The lowest BCUT2D eigenvalue weighted by Gasteiger charge is -2.09. The molecule has 0 N–H and O–H groups in total. The van der Waals surface area contributed by atoms with E-state index in [0.717, 1.165) is 5.56 Å². The van der Waals surface area contributed by atoms with Crippen molar-refractivity contribution < 1.29 is 23.5 Å². The molecule has 0 unspecified atom stereocenters. The Morgan fingerprint density at radius 1 is 1.04 bits per heavy atom. The molecule has 0 radical (unpaired) electrons. The molecule has 0 saturated heterocycles. The van der Waals surface area contributed by atoms with Crippen molar-refractivity contribution in [3.05, 3.63) is 65.5 Å². The van der Waals surface area contributed by atoms with Gasteiger partial charge >= 0.3 is 5.97 Å². The smallest absolute Gasteiger partial charge is 0.313 e. The minimum Gasteiger partial charge on any atom is -0.486 e. The summed E-state index contributed by atoms with van der Waals surface area (Å²) in [6.07, 6.45) is 0.297. The van der Waals surface area contributed by atoms with E-state index in [1.807, 2.05) is 30.3 Å². The van der Waals surface area contributed by atoms with Gasteiger partial charge in [0.25, 0.3) is 0 Å². The van der Waals surface area contributed by atoms with Crippen LogP contribution in [0.3, 0.4) is 0 Å². The molecule has 4 nitrogen and oxygen atoms in total. The summed E-state index contributed by atoms with van der Waals surface area (Å²) in [4.78, 5) is 22.9. The molecule has 0 amide bonds. The monoisotopic (exact) mass is 344 g/mol. The summed E-state index contributed by atoms with van der Waals surface area (Å²) in [6, 6.07) is 14.1. The molecule has 2 aromatic carbocycles. The molecule has 0 spiro atoms. The van der Waals surface area contributed by atoms with E-state index in [-0.39, 0.29) is 37.6 Å². The van der Waals surface area contributed by atoms with Crippen molar-refractivity contribution in [3.63, 3.8) is 0 Å². The van der Waals surface area contributed by atoms with Gasteiger partial charge in [0.2, 0.25) is 0 Å². The zero-order valence-corrected chi connectivity index (χ0v) is 14.2. The fourth-order valence-corrected chi connectivity index (χ4v) is 2.30. The number of Topliss-reactive ketones (excluding diaryl/α,β-unsaturated/α-hetero) is 1. The molecule has 0 aliphatic heterocycles. The molecule has 0 saturated carbocycles. The maximum Gasteiger partial charge on any atom is 0.313 e. The van der Waals surface area contributed by atoms with Gasteiger partial charge in [0.1, 0.15) is 18.8 Å². The van der Waals surface area contributed by atoms with Gasteiger partial charge in [-0.2, -0.15) is 0 Å². The number of hydrogen-bond acceptors (Lipinski definition) is 4. The highest BCUT2D eigenvalue weighted by Gasteiger charge is 2.11. The van der Waals surface area contributed by atoms with Crippen LogP contribution in [0.25, 0.3) is 0 Å². The highest BCUT2D eigenvalue weighted by atomic mass is 19.1. The fourth-order valence-electron chi connectivity index (χ4n) is 2.30. The van der Waals surface area contributed by atoms with Gasteiger partial charge in [-0.1, -0.05) is 36.4 Å². The topological polar surface area (TPSA) is 52.6 Å². The van der Waals surface area contributed by atoms with E-state index in [9.17, 15) is 14.0 Å². The zero-order chi connectivity index (χ0) is 18.1. The SMILES string of the molecule is CCOC(=O)CC(=O)CCc1ccc(OCc2ccccc2)c(F)c1. The minimum absolute atomic E-state index is 0.169. The van der Waals surface area contributed by atoms with E-state index in [1.54, 1.807) is 19.1 Å². The Labute approximate surface area is 146 Å². The number of hydrogen-bond donors (Lipinski definition) is 0. The van der Waals surface area contributed by atoms with Crippen molar-refractivity contribution in [2.24, 2.45) is 0 Å². The van der Waals surface area contributed by atoms with Gasteiger partial charge in [0, 0.05) is 6.42 Å². The zero-order valence-electron chi connectivity index (χ0n) is 14.2. The van der Waals surface area contributed by atoms with Crippen molar-refractivity contribution in [2.45, 2.75) is 32.8 Å². The molecular formula is C20H21FO4. The van der Waals surface area contributed by atoms with Crippen molar-refractivity contribution in [1.82, 2.24) is 0 Å². The first-order valence-corrected chi connectivity index (χ1v) is 8.21. The molecule has 0 aliphatic carbocycles. The lowest BCUT2D eigenvalue weighted by molar-refractivity contribution is -0.145. The van der Waals surface area contributed by atoms with E-state index in [2.05, 4.69) is 0 Å². The van der Waals surface area contributed by atoms with Crippen LogP contribution >= 0.6 is 0 Å². The molecule has 132 valence electrons. The molecule has 25 heavy (non-hydrogen) atoms. The van der Waals surface area contributed by atoms with Gasteiger partial charge in [0.05, 0.1) is 6.61 Å². The number of ketones is 1. The number of aryl methyl sites for hydroxylation is 1. The van der Waals surface area contributed by atoms with Crippen LogP contribution in [0.1, 0.15) is 30.9 Å². The number of esters is 1. The second kappa shape index (κ2) is 9.57. The molecule has 0 aliphatic rings. The average Bonchev–Trinajstić information content (AvgIpc) is 2.60. The first-order valence-electron chi connectivity index (χ1n) is 8.21. The van der Waals surface area contributed by atoms with E-state index < -0.39 is 11.8 Å². The van der Waals surface area contributed by atoms with Crippen LogP contribution in [0.4, 0.5) is 4.39 Å². The Morgan fingerprint density at radius 3 is 2.48 bits per heavy atom. The Hall–Kier alpha value is -2.69. The van der Waals surface area contributed by atoms with Crippen LogP contribution in [0.15, 0.2) is 48.5 Å². The second-order valence-corrected chi connectivity index (χ2v) is 5.56. The number of ether oxygens (including phenoxy) is 2. The van der Waals surface area contributed by atoms with Crippen molar-refractivity contribution in [3.8, 4) is 5.75 Å². The van der Waals surface area contributed by atoms with E-state index in [0.29, 0.717) is 12.0 Å². The van der Waals surface area contributed by atoms with E-state index in [1.165, 1.54) is 6.07 Å². The molecule has 5 heteroatoms. The number of carbonyl (C=O) groups excluding carboxylic acids is 2. The Kier molecular flexibility index (Phi) is 7.14. The summed E-state index contributed by atoms with van der Waals surface area (Å²) in [5, 5.41) is 0. The van der Waals surface area contributed by atoms with Crippen molar-refractivity contribution in [2.75, 3.05) is 6.61 Å². The predicted molar refractivity (Wildman–Crippen MR) is 91.8 cm³/mol. The standard InChI is InChI=1S/C20H21FO4/c1-2-24-20(23)13-17(22)10-8-15-9-11-19(18(21)12-15)25-14-16-6-4-3-5-7-16/h3-7,9,11-12H,2,8,10,13-14H2,1H3. The van der Waals surface area contributed by atoms with Crippen molar-refractivity contribution in [1.29, 1.82) is 0 Å². The third-order valence-corrected chi connectivity index (χ3v) is 3.57. The summed E-state index contributed by atoms with van der Waals surface area (Å²) in [6.45, 7) is 2.23. The second-order valence-electron chi connectivity index (χ2n) is 5.56. The van der Waals surface area contributed by atoms with Crippen LogP contribution in [0.5, 0.6) is 5.75 Å². The highest BCUT2D eigenvalue weighted by molar-refractivity contribution is 5.95. The number of halogens is 1. The van der Waals surface area contributed by atoms with Crippen LogP contribution in [0.2, 0.25) is 0 Å². The third kappa shape index (κ3) is 6.37. The first kappa shape index (κ1) is 18.6. The van der Waals surface area contributed by atoms with Crippen LogP contribution in [0, 0.1) is 5.82 Å². The first-order chi connectivity index (χ1) is 12.1. The van der Waals surface area contributed by atoms with Crippen LogP contribution < -0.4 is 4.74 Å². The molecular weight excluding hydrogens is 323 g/mol. The average molecular weight is 344 g/mol. The van der Waals surface area contributed by atoms with Gasteiger partial charge in [0.15, 0.2) is 11.6 Å². The lowest BCUT2D eigenvalue weighted by atomic mass is 10.1. The quantitative estimate of drug-likeness (QED) is 0.512. The van der Waals surface area contributed by atoms with Gasteiger partial charge in [-0.15, -0.1) is 0 Å². The largest absolute Gasteiger partial charge is 0.486 e. The van der Waals surface area contributed by atoms with Crippen LogP contribution in [-0.2, 0) is 27.4 Å². The van der Waals surface area contributed by atoms with Gasteiger partial charge < -0.3 is 9.47 Å². The molecule has 0 heterocycles. The highest BCUT2D eigenvalue weighted by Crippen LogP contribution is 2.20. The molecule has 0 bridgehead atoms. The minimum atomic E-state index is -0.525. The fraction of sp³-hybridized carbons (Fsp3) is 0.300. The molecule has 0 atom stereocenters. The number of carbonyl (C=O) groups is 2. The Morgan fingerprint density at radius 2 is 1.80 bits per heavy atom. The number of benzene rings is 2. The molecule has 2 rings (SSSR count). The maximum absolute atomic E-state index is 14.1. The summed E-state index contributed by atoms with van der Waals surface area (Å²) in [5.41, 5.74) is 1.64. The summed E-state index contributed by atoms with van der Waals surface area (Å²) in [5.74, 6) is -1.04. The summed E-state index contributed by atoms with van der Waals surface area (Å²) >= 11 is 0. The summed E-state index contributed by atoms with van der Waals surface area (Å²) in [7, 11) is 0. The number of rotatable bonds is 9. The molecule has 0 fully saturated rings.